The molecule has 2 aromatic heterocycles. The van der Waals surface area contributed by atoms with E-state index in [0.29, 0.717) is 36.0 Å². The Kier molecular flexibility index (Phi) is 21.8. The van der Waals surface area contributed by atoms with Crippen molar-refractivity contribution in [2.45, 2.75) is 189 Å². The molecule has 6 radical (unpaired) electrons. The van der Waals surface area contributed by atoms with E-state index in [2.05, 4.69) is 69.2 Å². The lowest BCUT2D eigenvalue weighted by Crippen LogP contribution is -2.45. The number of amides is 2. The Balaban J connectivity index is 0.787. The van der Waals surface area contributed by atoms with Crippen LogP contribution in [0.5, 0.6) is 0 Å². The molecule has 4 aromatic carbocycles. The van der Waals surface area contributed by atoms with Crippen molar-refractivity contribution in [1.29, 1.82) is 0 Å². The van der Waals surface area contributed by atoms with E-state index >= 15 is 0 Å². The highest BCUT2D eigenvalue weighted by Gasteiger charge is 2.47. The van der Waals surface area contributed by atoms with E-state index < -0.39 is 64.7 Å². The van der Waals surface area contributed by atoms with Crippen LogP contribution in [0.3, 0.4) is 0 Å². The number of rotatable bonds is 31. The Morgan fingerprint density at radius 2 is 1.59 bits per heavy atom. The smallest absolute Gasteiger partial charge is 0.294 e. The quantitative estimate of drug-likeness (QED) is 0.0179. The summed E-state index contributed by atoms with van der Waals surface area (Å²) in [4.78, 5) is 42.4. The Morgan fingerprint density at radius 1 is 0.868 bits per heavy atom. The Morgan fingerprint density at radius 3 is 2.33 bits per heavy atom. The predicted molar refractivity (Wildman–Crippen MR) is 355 cm³/mol. The maximum atomic E-state index is 14.5. The second-order valence-corrected chi connectivity index (χ2v) is 30.7. The van der Waals surface area contributed by atoms with Crippen molar-refractivity contribution in [3.8, 4) is 0 Å². The van der Waals surface area contributed by atoms with Gasteiger partial charge in [-0.2, -0.15) is 13.0 Å². The fraction of sp³-hybridized carbons (Fsp3) is 0.493. The lowest BCUT2D eigenvalue weighted by molar-refractivity contribution is -0.439. The number of carbonyl (C=O) groups is 2. The van der Waals surface area contributed by atoms with Gasteiger partial charge >= 0.3 is 0 Å². The van der Waals surface area contributed by atoms with Gasteiger partial charge in [0.15, 0.2) is 5.71 Å². The molecule has 0 spiro atoms. The molecule has 2 unspecified atom stereocenters. The molecule has 0 saturated carbocycles. The van der Waals surface area contributed by atoms with Gasteiger partial charge in [-0.3, -0.25) is 14.1 Å². The standard InChI is InChI=1S/C69H87N9O10S3/c1-10-37-77-59-35-33-54-55(64(59)68(5,6)61(77)27-16-13-17-28-62-69(7,8)65-56-42-53(91(86,87)88)32-30-49(56)31-34-58(65)78(62)39-21-40-89(81,82)83)24-18-26-60(54)90(84,85)76(9)38-20-29-63(79)74-47(3)67(80)73-43-51-41-50-23-19-36-70-66(50)75-57(51)25-15-12-11-14-22-46(2)52-44-71-48(4)72-45-52/h1-3,18,24,26,30-35,41-42,44-47,61H,10-17,19-23,25,27-29,36-40,43H2,4-9H3,(H4-,70,73,74,75,79,80,81,82,83,86,87,88)/t46-,47?,61?/m1/s1. The van der Waals surface area contributed by atoms with Gasteiger partial charge in [-0.1, -0.05) is 70.2 Å². The van der Waals surface area contributed by atoms with E-state index in [4.69, 9.17) is 25.8 Å². The first kappa shape index (κ1) is 68.9. The summed E-state index contributed by atoms with van der Waals surface area (Å²) in [5.41, 5.74) is 7.49. The number of unbranched alkanes of at least 4 members (excludes halogenated alkanes) is 5. The van der Waals surface area contributed by atoms with Gasteiger partial charge in [0.1, 0.15) is 24.2 Å². The van der Waals surface area contributed by atoms with Crippen LogP contribution in [0.1, 0.15) is 169 Å². The van der Waals surface area contributed by atoms with Crippen molar-refractivity contribution in [2.24, 2.45) is 0 Å². The average Bonchev–Trinajstić information content (AvgIpc) is 1.60. The number of benzene rings is 4. The van der Waals surface area contributed by atoms with Crippen LogP contribution in [-0.2, 0) is 70.1 Å². The Labute approximate surface area is 539 Å². The van der Waals surface area contributed by atoms with Gasteiger partial charge in [0.05, 0.1) is 25.3 Å². The lowest BCUT2D eigenvalue weighted by atomic mass is 9.76. The van der Waals surface area contributed by atoms with Crippen molar-refractivity contribution in [2.75, 3.05) is 49.2 Å². The zero-order valence-electron chi connectivity index (χ0n) is 53.3. The fourth-order valence-electron chi connectivity index (χ4n) is 13.9. The van der Waals surface area contributed by atoms with Crippen LogP contribution in [0.25, 0.3) is 21.5 Å². The number of hydrogen-bond acceptors (Lipinski definition) is 14. The molecule has 0 aliphatic carbocycles. The highest BCUT2D eigenvalue weighted by atomic mass is 32.2. The number of pyridine rings is 1. The van der Waals surface area contributed by atoms with Crippen molar-refractivity contribution in [1.82, 2.24) is 29.9 Å². The number of nitrogens with one attached hydrogen (secondary N) is 3. The van der Waals surface area contributed by atoms with E-state index in [-0.39, 0.29) is 60.6 Å². The molecule has 4 N–H and O–H groups in total. The number of nitrogens with zero attached hydrogens (tertiary/aromatic N) is 6. The van der Waals surface area contributed by atoms with Gasteiger partial charge < -0.3 is 25.4 Å². The molecule has 91 heavy (non-hydrogen) atoms. The van der Waals surface area contributed by atoms with Gasteiger partial charge in [0.2, 0.25) is 27.5 Å². The molecule has 6 aromatic rings. The largest absolute Gasteiger partial charge is 0.748 e. The Bertz CT molecular complexity index is 4040. The summed E-state index contributed by atoms with van der Waals surface area (Å²) in [6.45, 7) is 31.2. The minimum absolute atomic E-state index is 0.0185. The summed E-state index contributed by atoms with van der Waals surface area (Å²) in [5.74, 6) is -0.0892. The van der Waals surface area contributed by atoms with Crippen molar-refractivity contribution >= 4 is 86.5 Å². The van der Waals surface area contributed by atoms with E-state index in [1.54, 1.807) is 30.6 Å². The fourth-order valence-corrected chi connectivity index (χ4v) is 16.3. The SMILES string of the molecule is [CH]CCN1c2ccc3c(S(=O)(=O)N(C)CCCC(=O)NC([CH])C(=O)NCc4cc5c(nc4CCCCCC[C@@H]([CH])c4cnc(C)nc4)NCCC5)cccc3c2C(C)(C)C1CCCCCC1=[N+](CCCS(=O)(=O)[O-])c2ccc3ccc(S(=O)(=O)O)cc3c2C1(C)C. The first-order valence-corrected chi connectivity index (χ1v) is 36.3. The molecule has 3 aliphatic heterocycles. The molecule has 19 nitrogen and oxygen atoms in total. The first-order chi connectivity index (χ1) is 43.1. The van der Waals surface area contributed by atoms with Crippen LogP contribution < -0.4 is 20.9 Å². The van der Waals surface area contributed by atoms with Crippen molar-refractivity contribution in [3.63, 3.8) is 0 Å². The monoisotopic (exact) mass is 1300 g/mol. The van der Waals surface area contributed by atoms with Gasteiger partial charge in [-0.25, -0.2) is 36.1 Å². The molecule has 3 aliphatic rings. The minimum atomic E-state index is -4.50. The zero-order chi connectivity index (χ0) is 65.6. The predicted octanol–water partition coefficient (Wildman–Crippen LogP) is 10.5. The number of anilines is 2. The molecule has 486 valence electrons. The van der Waals surface area contributed by atoms with Crippen molar-refractivity contribution < 1.29 is 48.5 Å². The third-order valence-electron chi connectivity index (χ3n) is 18.6. The second kappa shape index (κ2) is 28.8. The number of carbonyl (C=O) groups excluding carboxylic acids is 2. The molecule has 2 amide bonds. The van der Waals surface area contributed by atoms with E-state index in [9.17, 15) is 43.9 Å². The number of sulfonamides is 1. The van der Waals surface area contributed by atoms with Crippen LogP contribution >= 0.6 is 0 Å². The van der Waals surface area contributed by atoms with Crippen LogP contribution in [0.4, 0.5) is 17.2 Å². The molecular formula is C69H87N9O10S3. The summed E-state index contributed by atoms with van der Waals surface area (Å²) < 4.78 is 102. The third-order valence-corrected chi connectivity index (χ3v) is 22.2. The average molecular weight is 1300 g/mol. The maximum absolute atomic E-state index is 14.5. The zero-order valence-corrected chi connectivity index (χ0v) is 55.7. The Hall–Kier alpha value is -6.43. The molecule has 3 atom stereocenters. The van der Waals surface area contributed by atoms with Crippen LogP contribution in [0.2, 0.25) is 0 Å². The lowest BCUT2D eigenvalue weighted by Gasteiger charge is -2.35. The van der Waals surface area contributed by atoms with Gasteiger partial charge in [-0.15, -0.1) is 0 Å². The second-order valence-electron chi connectivity index (χ2n) is 25.7. The molecule has 0 fully saturated rings. The van der Waals surface area contributed by atoms with E-state index in [0.717, 1.165) is 151 Å². The van der Waals surface area contributed by atoms with Gasteiger partial charge in [-0.05, 0) is 180 Å². The summed E-state index contributed by atoms with van der Waals surface area (Å²) in [6, 6.07) is 18.3. The number of hydrogen-bond donors (Lipinski definition) is 4. The number of aromatic nitrogens is 3. The molecular weight excluding hydrogens is 1210 g/mol. The first-order valence-electron chi connectivity index (χ1n) is 31.9. The maximum Gasteiger partial charge on any atom is 0.294 e. The normalized spacial score (nSPS) is 16.8. The van der Waals surface area contributed by atoms with Crippen molar-refractivity contribution in [3.05, 3.63) is 139 Å². The minimum Gasteiger partial charge on any atom is -0.748 e. The molecule has 9 rings (SSSR count). The molecule has 22 heteroatoms. The number of fused-ring (bicyclic) bond motifs is 7. The summed E-state index contributed by atoms with van der Waals surface area (Å²) in [7, 11) is -11.5. The number of aryl methyl sites for hydroxylation is 3. The van der Waals surface area contributed by atoms with Crippen LogP contribution in [0, 0.1) is 27.7 Å². The highest BCUT2D eigenvalue weighted by Crippen LogP contribution is 2.51. The summed E-state index contributed by atoms with van der Waals surface area (Å²) >= 11 is 0. The highest BCUT2D eigenvalue weighted by molar-refractivity contribution is 7.89. The molecule has 0 saturated heterocycles. The topological polar surface area (TPSA) is 264 Å². The van der Waals surface area contributed by atoms with Crippen LogP contribution in [0.15, 0.2) is 88.9 Å². The molecule has 5 heterocycles. The summed E-state index contributed by atoms with van der Waals surface area (Å²) in [6.07, 6.45) is 15.4. The van der Waals surface area contributed by atoms with E-state index in [1.165, 1.54) is 23.5 Å². The van der Waals surface area contributed by atoms with Crippen LogP contribution in [-0.4, -0.2) is 127 Å². The van der Waals surface area contributed by atoms with Gasteiger partial charge in [0, 0.05) is 110 Å². The summed E-state index contributed by atoms with van der Waals surface area (Å²) in [5, 5.41) is 11.8. The van der Waals surface area contributed by atoms with E-state index in [1.807, 2.05) is 37.3 Å². The van der Waals surface area contributed by atoms with Gasteiger partial charge in [0.25, 0.3) is 10.1 Å². The third kappa shape index (κ3) is 15.8. The molecule has 0 bridgehead atoms.